The molecule has 0 unspecified atom stereocenters. The maximum absolute atomic E-state index is 12.8. The zero-order valence-corrected chi connectivity index (χ0v) is 17.8. The highest BCUT2D eigenvalue weighted by atomic mass is 32.2. The Bertz CT molecular complexity index is 1170. The first kappa shape index (κ1) is 20.5. The van der Waals surface area contributed by atoms with Crippen LogP contribution in [0.1, 0.15) is 17.7 Å². The molecule has 1 atom stereocenters. The largest absolute Gasteiger partial charge is 0.383 e. The molecule has 1 aliphatic rings. The van der Waals surface area contributed by atoms with Crippen LogP contribution in [0.5, 0.6) is 0 Å². The molecule has 0 saturated carbocycles. The third-order valence-corrected chi connectivity index (χ3v) is 6.79. The summed E-state index contributed by atoms with van der Waals surface area (Å²) >= 11 is 0. The van der Waals surface area contributed by atoms with Crippen LogP contribution >= 0.6 is 0 Å². The minimum atomic E-state index is -3.61. The highest BCUT2D eigenvalue weighted by Gasteiger charge is 2.21. The fourth-order valence-electron chi connectivity index (χ4n) is 3.59. The Morgan fingerprint density at radius 1 is 1.23 bits per heavy atom. The van der Waals surface area contributed by atoms with Crippen molar-refractivity contribution in [3.63, 3.8) is 0 Å². The number of benzene rings is 1. The quantitative estimate of drug-likeness (QED) is 0.552. The van der Waals surface area contributed by atoms with Crippen LogP contribution in [0.25, 0.3) is 22.5 Å². The van der Waals surface area contributed by atoms with Crippen molar-refractivity contribution in [2.45, 2.75) is 25.2 Å². The number of nitrogen functional groups attached to an aromatic ring is 1. The number of sulfonamides is 1. The molecule has 4 N–H and O–H groups in total. The summed E-state index contributed by atoms with van der Waals surface area (Å²) in [5, 5.41) is 7.15. The summed E-state index contributed by atoms with van der Waals surface area (Å²) in [5.74, 6) is 1.16. The molecule has 158 valence electrons. The average Bonchev–Trinajstić information content (AvgIpc) is 3.39. The number of aromatic nitrogens is 2. The van der Waals surface area contributed by atoms with Crippen molar-refractivity contribution in [3.05, 3.63) is 47.8 Å². The molecule has 2 aromatic heterocycles. The zero-order valence-electron chi connectivity index (χ0n) is 17.0. The summed E-state index contributed by atoms with van der Waals surface area (Å²) in [5.41, 5.74) is 9.84. The van der Waals surface area contributed by atoms with E-state index in [0.717, 1.165) is 41.9 Å². The van der Waals surface area contributed by atoms with Crippen molar-refractivity contribution in [2.75, 3.05) is 25.4 Å². The molecular formula is C21H25N5O3S. The van der Waals surface area contributed by atoms with E-state index in [9.17, 15) is 8.42 Å². The maximum atomic E-state index is 12.8. The van der Waals surface area contributed by atoms with E-state index in [2.05, 4.69) is 20.2 Å². The lowest BCUT2D eigenvalue weighted by Gasteiger charge is -2.13. The van der Waals surface area contributed by atoms with E-state index in [0.29, 0.717) is 29.6 Å². The number of aryl methyl sites for hydroxylation is 2. The molecule has 0 amide bonds. The number of nitrogens with two attached hydrogens (primary N) is 1. The molecule has 8 nitrogen and oxygen atoms in total. The first-order valence-electron chi connectivity index (χ1n) is 9.84. The maximum Gasteiger partial charge on any atom is 0.240 e. The molecule has 0 radical (unpaired) electrons. The van der Waals surface area contributed by atoms with Gasteiger partial charge in [-0.05, 0) is 68.6 Å². The van der Waals surface area contributed by atoms with Crippen LogP contribution in [0.15, 0.2) is 45.9 Å². The van der Waals surface area contributed by atoms with Crippen LogP contribution < -0.4 is 15.8 Å². The molecule has 4 rings (SSSR count). The Morgan fingerprint density at radius 2 is 2.07 bits per heavy atom. The zero-order chi connectivity index (χ0) is 21.3. The highest BCUT2D eigenvalue weighted by Crippen LogP contribution is 2.32. The lowest BCUT2D eigenvalue weighted by atomic mass is 10.00. The first-order valence-corrected chi connectivity index (χ1v) is 11.3. The van der Waals surface area contributed by atoms with Gasteiger partial charge in [0, 0.05) is 24.4 Å². The molecule has 30 heavy (non-hydrogen) atoms. The van der Waals surface area contributed by atoms with Gasteiger partial charge < -0.3 is 15.6 Å². The molecule has 0 bridgehead atoms. The monoisotopic (exact) mass is 427 g/mol. The molecule has 0 aliphatic carbocycles. The van der Waals surface area contributed by atoms with Crippen LogP contribution in [-0.2, 0) is 10.0 Å². The van der Waals surface area contributed by atoms with Gasteiger partial charge in [-0.1, -0.05) is 11.2 Å². The molecular weight excluding hydrogens is 402 g/mol. The number of pyridine rings is 1. The third-order valence-electron chi connectivity index (χ3n) is 5.37. The van der Waals surface area contributed by atoms with Gasteiger partial charge in [0.15, 0.2) is 5.76 Å². The second-order valence-corrected chi connectivity index (χ2v) is 9.44. The van der Waals surface area contributed by atoms with Crippen molar-refractivity contribution in [1.82, 2.24) is 20.2 Å². The van der Waals surface area contributed by atoms with Gasteiger partial charge in [0.2, 0.25) is 10.0 Å². The fourth-order valence-corrected chi connectivity index (χ4v) is 4.73. The molecule has 1 aromatic carbocycles. The van der Waals surface area contributed by atoms with Crippen LogP contribution in [-0.4, -0.2) is 38.2 Å². The Balaban J connectivity index is 1.66. The molecule has 9 heteroatoms. The molecule has 1 fully saturated rings. The minimum Gasteiger partial charge on any atom is -0.383 e. The summed E-state index contributed by atoms with van der Waals surface area (Å²) in [6, 6.07) is 8.73. The van der Waals surface area contributed by atoms with E-state index in [-0.39, 0.29) is 4.90 Å². The van der Waals surface area contributed by atoms with Crippen molar-refractivity contribution in [3.8, 4) is 22.5 Å². The van der Waals surface area contributed by atoms with Crippen LogP contribution in [0.4, 0.5) is 5.82 Å². The summed E-state index contributed by atoms with van der Waals surface area (Å²) in [4.78, 5) is 4.51. The smallest absolute Gasteiger partial charge is 0.240 e. The number of hydrogen-bond acceptors (Lipinski definition) is 7. The molecule has 1 aliphatic heterocycles. The Hall–Kier alpha value is -2.75. The highest BCUT2D eigenvalue weighted by molar-refractivity contribution is 7.89. The number of nitrogens with one attached hydrogen (secondary N) is 2. The molecule has 0 spiro atoms. The van der Waals surface area contributed by atoms with Gasteiger partial charge in [-0.15, -0.1) is 0 Å². The van der Waals surface area contributed by atoms with Gasteiger partial charge in [-0.25, -0.2) is 18.1 Å². The van der Waals surface area contributed by atoms with Crippen LogP contribution in [0.2, 0.25) is 0 Å². The fraction of sp³-hybridized carbons (Fsp3) is 0.333. The molecule has 3 aromatic rings. The second-order valence-electron chi connectivity index (χ2n) is 7.68. The van der Waals surface area contributed by atoms with E-state index in [4.69, 9.17) is 10.3 Å². The third kappa shape index (κ3) is 4.23. The van der Waals surface area contributed by atoms with Crippen molar-refractivity contribution >= 4 is 15.8 Å². The van der Waals surface area contributed by atoms with Gasteiger partial charge in [-0.3, -0.25) is 0 Å². The van der Waals surface area contributed by atoms with E-state index in [1.54, 1.807) is 30.5 Å². The predicted octanol–water partition coefficient (Wildman–Crippen LogP) is 2.49. The average molecular weight is 428 g/mol. The number of nitrogens with zero attached hydrogens (tertiary/aromatic N) is 2. The number of anilines is 1. The summed E-state index contributed by atoms with van der Waals surface area (Å²) in [7, 11) is -3.61. The lowest BCUT2D eigenvalue weighted by Crippen LogP contribution is -2.30. The Kier molecular flexibility index (Phi) is 5.59. The minimum absolute atomic E-state index is 0.225. The summed E-state index contributed by atoms with van der Waals surface area (Å²) < 4.78 is 33.7. The van der Waals surface area contributed by atoms with Crippen molar-refractivity contribution in [2.24, 2.45) is 5.92 Å². The molecule has 1 saturated heterocycles. The topological polar surface area (TPSA) is 123 Å². The van der Waals surface area contributed by atoms with Gasteiger partial charge >= 0.3 is 0 Å². The SMILES string of the molecule is Cc1cc(-c2cc(-c3cc(S(=O)(=O)NC[C@H]4CCNC4)ccc3C)cnc2N)on1. The van der Waals surface area contributed by atoms with E-state index in [1.165, 1.54) is 0 Å². The lowest BCUT2D eigenvalue weighted by molar-refractivity contribution is 0.427. The first-order chi connectivity index (χ1) is 14.3. The van der Waals surface area contributed by atoms with Crippen molar-refractivity contribution < 1.29 is 12.9 Å². The van der Waals surface area contributed by atoms with E-state index in [1.807, 2.05) is 19.9 Å². The number of rotatable bonds is 6. The number of hydrogen-bond donors (Lipinski definition) is 3. The molecule has 3 heterocycles. The standard InChI is InChI=1S/C21H25N5O3S/c1-13-3-4-17(30(27,28)25-11-15-5-6-23-10-15)9-18(13)16-8-19(21(22)24-12-16)20-7-14(2)26-29-20/h3-4,7-9,12,15,23,25H,5-6,10-11H2,1-2H3,(H2,22,24)/t15-/m0/s1. The van der Waals surface area contributed by atoms with Crippen molar-refractivity contribution in [1.29, 1.82) is 0 Å². The summed E-state index contributed by atoms with van der Waals surface area (Å²) in [6.07, 6.45) is 2.61. The predicted molar refractivity (Wildman–Crippen MR) is 115 cm³/mol. The van der Waals surface area contributed by atoms with Gasteiger partial charge in [0.1, 0.15) is 5.82 Å². The van der Waals surface area contributed by atoms with Gasteiger partial charge in [0.05, 0.1) is 16.2 Å². The van der Waals surface area contributed by atoms with Crippen LogP contribution in [0, 0.1) is 19.8 Å². The Labute approximate surface area is 175 Å². The normalized spacial score (nSPS) is 16.8. The van der Waals surface area contributed by atoms with E-state index < -0.39 is 10.0 Å². The van der Waals surface area contributed by atoms with E-state index >= 15 is 0 Å². The van der Waals surface area contributed by atoms with Gasteiger partial charge in [0.25, 0.3) is 0 Å². The van der Waals surface area contributed by atoms with Gasteiger partial charge in [-0.2, -0.15) is 0 Å². The summed E-state index contributed by atoms with van der Waals surface area (Å²) in [6.45, 7) is 5.95. The van der Waals surface area contributed by atoms with Crippen LogP contribution in [0.3, 0.4) is 0 Å². The second kappa shape index (κ2) is 8.17. The Morgan fingerprint density at radius 3 is 2.77 bits per heavy atom.